The molecule has 0 aliphatic rings. The lowest BCUT2D eigenvalue weighted by molar-refractivity contribution is 0.398. The van der Waals surface area contributed by atoms with Gasteiger partial charge in [-0.1, -0.05) is 35.5 Å². The number of aromatic nitrogens is 1. The first-order valence-corrected chi connectivity index (χ1v) is 7.15. The number of nitrogens with zero attached hydrogens (tertiary/aromatic N) is 2. The van der Waals surface area contributed by atoms with Crippen molar-refractivity contribution in [2.75, 3.05) is 12.0 Å². The highest BCUT2D eigenvalue weighted by molar-refractivity contribution is 5.60. The second-order valence-electron chi connectivity index (χ2n) is 5.07. The Morgan fingerprint density at radius 3 is 2.36 bits per heavy atom. The van der Waals surface area contributed by atoms with Crippen molar-refractivity contribution in [2.45, 2.75) is 13.5 Å². The predicted molar refractivity (Wildman–Crippen MR) is 86.5 cm³/mol. The van der Waals surface area contributed by atoms with Gasteiger partial charge in [0.15, 0.2) is 5.82 Å². The third kappa shape index (κ3) is 3.11. The predicted octanol–water partition coefficient (Wildman–Crippen LogP) is 4.33. The van der Waals surface area contributed by atoms with Gasteiger partial charge in [0.2, 0.25) is 0 Å². The average molecular weight is 294 g/mol. The number of rotatable bonds is 5. The van der Waals surface area contributed by atoms with E-state index in [0.29, 0.717) is 6.54 Å². The zero-order valence-electron chi connectivity index (χ0n) is 12.7. The van der Waals surface area contributed by atoms with Crippen LogP contribution in [-0.4, -0.2) is 12.3 Å². The molecule has 3 rings (SSSR count). The van der Waals surface area contributed by atoms with Crippen molar-refractivity contribution >= 4 is 11.5 Å². The highest BCUT2D eigenvalue weighted by Crippen LogP contribution is 2.27. The molecule has 0 bridgehead atoms. The topological polar surface area (TPSA) is 38.5 Å². The Morgan fingerprint density at radius 1 is 1.05 bits per heavy atom. The molecule has 3 aromatic rings. The average Bonchev–Trinajstić information content (AvgIpc) is 3.00. The monoisotopic (exact) mass is 294 g/mol. The minimum absolute atomic E-state index is 0.708. The number of aryl methyl sites for hydroxylation is 1. The number of para-hydroxylation sites is 1. The van der Waals surface area contributed by atoms with E-state index in [9.17, 15) is 0 Å². The van der Waals surface area contributed by atoms with Gasteiger partial charge < -0.3 is 14.2 Å². The lowest BCUT2D eigenvalue weighted by Crippen LogP contribution is -2.16. The molecule has 0 spiro atoms. The molecule has 0 atom stereocenters. The Balaban J connectivity index is 1.91. The first-order chi connectivity index (χ1) is 10.8. The first kappa shape index (κ1) is 14.2. The van der Waals surface area contributed by atoms with Crippen molar-refractivity contribution in [3.05, 3.63) is 72.0 Å². The summed E-state index contributed by atoms with van der Waals surface area (Å²) in [5.41, 5.74) is 2.25. The maximum absolute atomic E-state index is 5.23. The van der Waals surface area contributed by atoms with E-state index in [0.717, 1.165) is 23.0 Å². The minimum Gasteiger partial charge on any atom is -0.497 e. The van der Waals surface area contributed by atoms with E-state index in [-0.39, 0.29) is 0 Å². The fourth-order valence-electron chi connectivity index (χ4n) is 2.31. The summed E-state index contributed by atoms with van der Waals surface area (Å²) in [7, 11) is 1.67. The van der Waals surface area contributed by atoms with Crippen LogP contribution in [0.3, 0.4) is 0 Å². The van der Waals surface area contributed by atoms with Gasteiger partial charge in [0.1, 0.15) is 11.5 Å². The van der Waals surface area contributed by atoms with Crippen LogP contribution in [0, 0.1) is 6.92 Å². The van der Waals surface area contributed by atoms with E-state index in [2.05, 4.69) is 34.3 Å². The fraction of sp³-hybridized carbons (Fsp3) is 0.167. The maximum atomic E-state index is 5.23. The largest absolute Gasteiger partial charge is 0.497 e. The summed E-state index contributed by atoms with van der Waals surface area (Å²) in [6, 6.07) is 20.1. The van der Waals surface area contributed by atoms with Crippen LogP contribution >= 0.6 is 0 Å². The molecule has 0 saturated carbocycles. The molecule has 0 fully saturated rings. The smallest absolute Gasteiger partial charge is 0.176 e. The second kappa shape index (κ2) is 6.35. The summed E-state index contributed by atoms with van der Waals surface area (Å²) >= 11 is 0. The Bertz CT molecular complexity index is 720. The number of hydrogen-bond acceptors (Lipinski definition) is 4. The number of ether oxygens (including phenoxy) is 1. The van der Waals surface area contributed by atoms with Gasteiger partial charge in [0, 0.05) is 18.3 Å². The molecule has 0 aliphatic heterocycles. The molecule has 0 unspecified atom stereocenters. The Labute approximate surface area is 129 Å². The lowest BCUT2D eigenvalue weighted by Gasteiger charge is -2.22. The normalized spacial score (nSPS) is 10.5. The van der Waals surface area contributed by atoms with Crippen molar-refractivity contribution in [3.63, 3.8) is 0 Å². The summed E-state index contributed by atoms with van der Waals surface area (Å²) in [6.45, 7) is 2.60. The quantitative estimate of drug-likeness (QED) is 0.702. The lowest BCUT2D eigenvalue weighted by atomic mass is 10.2. The van der Waals surface area contributed by atoms with Crippen LogP contribution in [0.5, 0.6) is 5.75 Å². The maximum Gasteiger partial charge on any atom is 0.176 e. The highest BCUT2D eigenvalue weighted by atomic mass is 16.5. The van der Waals surface area contributed by atoms with Gasteiger partial charge in [-0.05, 0) is 36.8 Å². The zero-order valence-corrected chi connectivity index (χ0v) is 12.7. The molecular weight excluding hydrogens is 276 g/mol. The van der Waals surface area contributed by atoms with Crippen molar-refractivity contribution in [2.24, 2.45) is 0 Å². The van der Waals surface area contributed by atoms with Crippen LogP contribution in [0.15, 0.2) is 65.2 Å². The zero-order chi connectivity index (χ0) is 15.4. The van der Waals surface area contributed by atoms with E-state index in [1.807, 2.05) is 43.3 Å². The first-order valence-electron chi connectivity index (χ1n) is 7.15. The summed E-state index contributed by atoms with van der Waals surface area (Å²) in [4.78, 5) is 2.12. The molecule has 22 heavy (non-hydrogen) atoms. The summed E-state index contributed by atoms with van der Waals surface area (Å²) in [5.74, 6) is 2.46. The molecule has 0 aliphatic carbocycles. The van der Waals surface area contributed by atoms with E-state index < -0.39 is 0 Å². The summed E-state index contributed by atoms with van der Waals surface area (Å²) in [6.07, 6.45) is 0. The van der Waals surface area contributed by atoms with Gasteiger partial charge in [0.25, 0.3) is 0 Å². The second-order valence-corrected chi connectivity index (χ2v) is 5.07. The number of hydrogen-bond donors (Lipinski definition) is 0. The van der Waals surface area contributed by atoms with Gasteiger partial charge in [0.05, 0.1) is 7.11 Å². The molecule has 0 saturated heterocycles. The van der Waals surface area contributed by atoms with Crippen molar-refractivity contribution in [1.29, 1.82) is 0 Å². The van der Waals surface area contributed by atoms with Gasteiger partial charge in [-0.3, -0.25) is 0 Å². The molecule has 1 aromatic heterocycles. The van der Waals surface area contributed by atoms with Gasteiger partial charge in [-0.25, -0.2) is 0 Å². The third-order valence-electron chi connectivity index (χ3n) is 3.46. The molecule has 0 N–H and O–H groups in total. The summed E-state index contributed by atoms with van der Waals surface area (Å²) in [5, 5.41) is 4.15. The molecule has 4 heteroatoms. The van der Waals surface area contributed by atoms with Crippen LogP contribution in [0.25, 0.3) is 0 Å². The molecule has 2 aromatic carbocycles. The number of benzene rings is 2. The Morgan fingerprint density at radius 2 is 1.77 bits per heavy atom. The van der Waals surface area contributed by atoms with Crippen LogP contribution in [-0.2, 0) is 6.54 Å². The van der Waals surface area contributed by atoms with E-state index in [1.54, 1.807) is 7.11 Å². The third-order valence-corrected chi connectivity index (χ3v) is 3.46. The molecule has 0 radical (unpaired) electrons. The molecule has 112 valence electrons. The highest BCUT2D eigenvalue weighted by Gasteiger charge is 2.14. The number of anilines is 2. The van der Waals surface area contributed by atoms with Gasteiger partial charge in [-0.15, -0.1) is 0 Å². The number of methoxy groups -OCH3 is 1. The van der Waals surface area contributed by atoms with Crippen molar-refractivity contribution in [1.82, 2.24) is 5.16 Å². The van der Waals surface area contributed by atoms with Crippen LogP contribution in [0.4, 0.5) is 11.5 Å². The van der Waals surface area contributed by atoms with Crippen molar-refractivity contribution < 1.29 is 9.26 Å². The summed E-state index contributed by atoms with van der Waals surface area (Å²) < 4.78 is 10.4. The minimum atomic E-state index is 0.708. The van der Waals surface area contributed by atoms with E-state index in [1.165, 1.54) is 5.56 Å². The van der Waals surface area contributed by atoms with Crippen LogP contribution in [0.2, 0.25) is 0 Å². The van der Waals surface area contributed by atoms with Gasteiger partial charge >= 0.3 is 0 Å². The SMILES string of the molecule is COc1ccc(CN(c2ccccc2)c2cc(C)on2)cc1. The molecule has 0 amide bonds. The Hall–Kier alpha value is -2.75. The molecular formula is C18H18N2O2. The standard InChI is InChI=1S/C18H18N2O2/c1-14-12-18(19-22-14)20(16-6-4-3-5-7-16)13-15-8-10-17(21-2)11-9-15/h3-12H,13H2,1-2H3. The van der Waals surface area contributed by atoms with Crippen molar-refractivity contribution in [3.8, 4) is 5.75 Å². The van der Waals surface area contributed by atoms with Gasteiger partial charge in [-0.2, -0.15) is 0 Å². The Kier molecular flexibility index (Phi) is 4.10. The molecule has 1 heterocycles. The van der Waals surface area contributed by atoms with Crippen LogP contribution in [0.1, 0.15) is 11.3 Å². The van der Waals surface area contributed by atoms with E-state index >= 15 is 0 Å². The van der Waals surface area contributed by atoms with E-state index in [4.69, 9.17) is 9.26 Å². The fourth-order valence-corrected chi connectivity index (χ4v) is 2.31. The van der Waals surface area contributed by atoms with Crippen LogP contribution < -0.4 is 9.64 Å². The molecule has 4 nitrogen and oxygen atoms in total.